The van der Waals surface area contributed by atoms with Crippen molar-refractivity contribution in [1.29, 1.82) is 0 Å². The number of aromatic nitrogens is 2. The zero-order valence-corrected chi connectivity index (χ0v) is 16.1. The van der Waals surface area contributed by atoms with Crippen LogP contribution < -0.4 is 9.47 Å². The number of benzene rings is 2. The topological polar surface area (TPSA) is 87.8 Å². The second-order valence-electron chi connectivity index (χ2n) is 6.75. The minimum absolute atomic E-state index is 0.0427. The summed E-state index contributed by atoms with van der Waals surface area (Å²) in [4.78, 5) is 35.9. The van der Waals surface area contributed by atoms with Crippen LogP contribution in [0, 0.1) is 0 Å². The van der Waals surface area contributed by atoms with Gasteiger partial charge in [0, 0.05) is 31.7 Å². The number of nitrogens with one attached hydrogen (secondary N) is 1. The molecule has 0 saturated carbocycles. The molecule has 1 aromatic heterocycles. The van der Waals surface area contributed by atoms with Crippen LogP contribution in [0.4, 0.5) is 0 Å². The number of nitrogens with zero attached hydrogens (tertiary/aromatic N) is 3. The largest absolute Gasteiger partial charge is 0.493 e. The van der Waals surface area contributed by atoms with Crippen LogP contribution >= 0.6 is 0 Å². The number of aromatic amines is 1. The number of rotatable bonds is 5. The van der Waals surface area contributed by atoms with Crippen molar-refractivity contribution in [1.82, 2.24) is 19.8 Å². The molecule has 0 radical (unpaired) electrons. The lowest BCUT2D eigenvalue weighted by molar-refractivity contribution is -0.134. The number of amides is 2. The van der Waals surface area contributed by atoms with Crippen molar-refractivity contribution in [2.45, 2.75) is 0 Å². The van der Waals surface area contributed by atoms with Crippen molar-refractivity contribution in [2.75, 3.05) is 39.9 Å². The molecule has 8 nitrogen and oxygen atoms in total. The van der Waals surface area contributed by atoms with Crippen molar-refractivity contribution in [3.63, 3.8) is 0 Å². The van der Waals surface area contributed by atoms with E-state index in [4.69, 9.17) is 9.47 Å². The van der Waals surface area contributed by atoms with Gasteiger partial charge in [-0.3, -0.25) is 9.59 Å². The van der Waals surface area contributed by atoms with Gasteiger partial charge in [0.05, 0.1) is 24.5 Å². The van der Waals surface area contributed by atoms with Gasteiger partial charge < -0.3 is 24.3 Å². The first-order valence-corrected chi connectivity index (χ1v) is 9.41. The van der Waals surface area contributed by atoms with Crippen LogP contribution in [0.2, 0.25) is 0 Å². The molecule has 150 valence electrons. The Morgan fingerprint density at radius 1 is 1.03 bits per heavy atom. The van der Waals surface area contributed by atoms with Gasteiger partial charge in [0.15, 0.2) is 18.1 Å². The third-order valence-electron chi connectivity index (χ3n) is 5.01. The van der Waals surface area contributed by atoms with Crippen molar-refractivity contribution in [3.8, 4) is 11.5 Å². The molecular formula is C21H22N4O4. The number of ether oxygens (including phenoxy) is 2. The number of carbonyl (C=O) groups excluding carboxylic acids is 2. The summed E-state index contributed by atoms with van der Waals surface area (Å²) < 4.78 is 10.8. The fourth-order valence-electron chi connectivity index (χ4n) is 3.38. The predicted octanol–water partition coefficient (Wildman–Crippen LogP) is 1.93. The molecular weight excluding hydrogens is 372 g/mol. The van der Waals surface area contributed by atoms with E-state index in [2.05, 4.69) is 9.97 Å². The molecule has 1 fully saturated rings. The summed E-state index contributed by atoms with van der Waals surface area (Å²) in [5.74, 6) is 0.970. The van der Waals surface area contributed by atoms with E-state index < -0.39 is 0 Å². The second-order valence-corrected chi connectivity index (χ2v) is 6.75. The van der Waals surface area contributed by atoms with Gasteiger partial charge in [-0.2, -0.15) is 0 Å². The van der Waals surface area contributed by atoms with Crippen LogP contribution in [0.5, 0.6) is 11.5 Å². The van der Waals surface area contributed by atoms with Crippen LogP contribution in [-0.2, 0) is 4.79 Å². The molecule has 0 spiro atoms. The second kappa shape index (κ2) is 8.22. The predicted molar refractivity (Wildman–Crippen MR) is 107 cm³/mol. The first-order valence-electron chi connectivity index (χ1n) is 9.41. The monoisotopic (exact) mass is 394 g/mol. The lowest BCUT2D eigenvalue weighted by Crippen LogP contribution is -2.51. The summed E-state index contributed by atoms with van der Waals surface area (Å²) in [6.07, 6.45) is 1.61. The highest BCUT2D eigenvalue weighted by Crippen LogP contribution is 2.25. The maximum absolute atomic E-state index is 12.8. The summed E-state index contributed by atoms with van der Waals surface area (Å²) >= 11 is 0. The number of piperazine rings is 1. The van der Waals surface area contributed by atoms with E-state index in [-0.39, 0.29) is 18.4 Å². The summed E-state index contributed by atoms with van der Waals surface area (Å²) in [5.41, 5.74) is 2.27. The lowest BCUT2D eigenvalue weighted by Gasteiger charge is -2.34. The number of hydrogen-bond acceptors (Lipinski definition) is 5. The number of carbonyl (C=O) groups is 2. The van der Waals surface area contributed by atoms with Crippen molar-refractivity contribution < 1.29 is 19.1 Å². The molecule has 29 heavy (non-hydrogen) atoms. The average molecular weight is 394 g/mol. The first-order chi connectivity index (χ1) is 14.2. The van der Waals surface area contributed by atoms with Crippen molar-refractivity contribution in [3.05, 3.63) is 54.4 Å². The van der Waals surface area contributed by atoms with Gasteiger partial charge >= 0.3 is 0 Å². The average Bonchev–Trinajstić information content (AvgIpc) is 3.25. The summed E-state index contributed by atoms with van der Waals surface area (Å²) in [6, 6.07) is 12.6. The van der Waals surface area contributed by atoms with Gasteiger partial charge in [-0.15, -0.1) is 0 Å². The molecule has 1 N–H and O–H groups in total. The molecule has 2 aromatic carbocycles. The molecule has 4 rings (SSSR count). The Morgan fingerprint density at radius 2 is 1.76 bits per heavy atom. The quantitative estimate of drug-likeness (QED) is 0.715. The smallest absolute Gasteiger partial charge is 0.260 e. The van der Waals surface area contributed by atoms with E-state index in [1.165, 1.54) is 0 Å². The molecule has 1 aliphatic rings. The standard InChI is InChI=1S/C21H22N4O4/c1-28-18-4-2-3-5-19(18)29-13-20(26)24-8-10-25(11-9-24)21(27)15-6-7-16-17(12-15)23-14-22-16/h2-7,12,14H,8-11,13H2,1H3,(H,22,23). The van der Waals surface area contributed by atoms with Crippen LogP contribution in [0.3, 0.4) is 0 Å². The Balaban J connectivity index is 1.31. The number of H-pyrrole nitrogens is 1. The van der Waals surface area contributed by atoms with E-state index in [1.54, 1.807) is 41.4 Å². The number of hydrogen-bond donors (Lipinski definition) is 1. The first kappa shape index (κ1) is 18.8. The Bertz CT molecular complexity index is 1020. The maximum atomic E-state index is 12.8. The number of imidazole rings is 1. The molecule has 1 saturated heterocycles. The zero-order valence-electron chi connectivity index (χ0n) is 16.1. The highest BCUT2D eigenvalue weighted by Gasteiger charge is 2.25. The summed E-state index contributed by atoms with van der Waals surface area (Å²) in [6.45, 7) is 1.86. The van der Waals surface area contributed by atoms with Crippen molar-refractivity contribution in [2.24, 2.45) is 0 Å². The van der Waals surface area contributed by atoms with E-state index in [9.17, 15) is 9.59 Å². The van der Waals surface area contributed by atoms with E-state index in [1.807, 2.05) is 24.3 Å². The summed E-state index contributed by atoms with van der Waals surface area (Å²) in [5, 5.41) is 0. The molecule has 0 atom stereocenters. The molecule has 0 aliphatic carbocycles. The third-order valence-corrected chi connectivity index (χ3v) is 5.01. The van der Waals surface area contributed by atoms with E-state index >= 15 is 0 Å². The molecule has 8 heteroatoms. The van der Waals surface area contributed by atoms with Crippen LogP contribution in [0.15, 0.2) is 48.8 Å². The molecule has 0 unspecified atom stereocenters. The Morgan fingerprint density at radius 3 is 2.52 bits per heavy atom. The van der Waals surface area contributed by atoms with Gasteiger partial charge in [-0.1, -0.05) is 12.1 Å². The molecule has 2 amide bonds. The SMILES string of the molecule is COc1ccccc1OCC(=O)N1CCN(C(=O)c2ccc3nc[nH]c3c2)CC1. The van der Waals surface area contributed by atoms with Gasteiger partial charge in [-0.25, -0.2) is 4.98 Å². The van der Waals surface area contributed by atoms with Gasteiger partial charge in [0.1, 0.15) is 0 Å². The highest BCUT2D eigenvalue weighted by atomic mass is 16.5. The van der Waals surface area contributed by atoms with Gasteiger partial charge in [-0.05, 0) is 30.3 Å². The molecule has 1 aliphatic heterocycles. The van der Waals surface area contributed by atoms with Crippen LogP contribution in [-0.4, -0.2) is 71.5 Å². The number of fused-ring (bicyclic) bond motifs is 1. The minimum atomic E-state index is -0.109. The normalized spacial score (nSPS) is 14.1. The maximum Gasteiger partial charge on any atom is 0.260 e. The fraction of sp³-hybridized carbons (Fsp3) is 0.286. The Labute approximate surface area is 168 Å². The third kappa shape index (κ3) is 4.01. The minimum Gasteiger partial charge on any atom is -0.493 e. The van der Waals surface area contributed by atoms with E-state index in [0.29, 0.717) is 43.2 Å². The number of para-hydroxylation sites is 2. The van der Waals surface area contributed by atoms with E-state index in [0.717, 1.165) is 11.0 Å². The summed E-state index contributed by atoms with van der Waals surface area (Å²) in [7, 11) is 1.56. The zero-order chi connectivity index (χ0) is 20.2. The molecule has 3 aromatic rings. The van der Waals surface area contributed by atoms with Crippen LogP contribution in [0.25, 0.3) is 11.0 Å². The molecule has 2 heterocycles. The highest BCUT2D eigenvalue weighted by molar-refractivity contribution is 5.97. The lowest BCUT2D eigenvalue weighted by atomic mass is 10.1. The molecule has 0 bridgehead atoms. The number of methoxy groups -OCH3 is 1. The fourth-order valence-corrected chi connectivity index (χ4v) is 3.38. The Kier molecular flexibility index (Phi) is 5.33. The van der Waals surface area contributed by atoms with Crippen molar-refractivity contribution >= 4 is 22.8 Å². The van der Waals surface area contributed by atoms with Gasteiger partial charge in [0.25, 0.3) is 11.8 Å². The van der Waals surface area contributed by atoms with Crippen LogP contribution in [0.1, 0.15) is 10.4 Å². The van der Waals surface area contributed by atoms with Gasteiger partial charge in [0.2, 0.25) is 0 Å². The Hall–Kier alpha value is -3.55.